The zero-order chi connectivity index (χ0) is 15.8. The van der Waals surface area contributed by atoms with E-state index in [0.29, 0.717) is 10.9 Å². The molecule has 22 heavy (non-hydrogen) atoms. The molecule has 0 radical (unpaired) electrons. The van der Waals surface area contributed by atoms with Gasteiger partial charge in [-0.25, -0.2) is 4.98 Å². The van der Waals surface area contributed by atoms with Gasteiger partial charge in [-0.3, -0.25) is 9.89 Å². The Labute approximate surface area is 135 Å². The summed E-state index contributed by atoms with van der Waals surface area (Å²) >= 11 is 1.38. The summed E-state index contributed by atoms with van der Waals surface area (Å²) in [5, 5.41) is 7.70. The standard InChI is InChI=1S/C16H22N4OS/c1-3-10-20(11-4-2)14(21)12-22-16-17-15(18-19-16)13-8-6-5-7-9-13/h5-9H,3-4,10-12H2,1-2H3,(H,17,18,19). The highest BCUT2D eigenvalue weighted by Crippen LogP contribution is 2.19. The van der Waals surface area contributed by atoms with Crippen LogP contribution in [-0.2, 0) is 4.79 Å². The fourth-order valence-corrected chi connectivity index (χ4v) is 2.86. The van der Waals surface area contributed by atoms with Gasteiger partial charge in [-0.05, 0) is 12.8 Å². The van der Waals surface area contributed by atoms with Crippen molar-refractivity contribution in [1.82, 2.24) is 20.1 Å². The largest absolute Gasteiger partial charge is 0.342 e. The van der Waals surface area contributed by atoms with Crippen LogP contribution in [0.25, 0.3) is 11.4 Å². The predicted molar refractivity (Wildman–Crippen MR) is 89.7 cm³/mol. The molecular weight excluding hydrogens is 296 g/mol. The molecule has 2 aromatic rings. The lowest BCUT2D eigenvalue weighted by molar-refractivity contribution is -0.128. The Kier molecular flexibility index (Phi) is 6.45. The fraction of sp³-hybridized carbons (Fsp3) is 0.438. The maximum Gasteiger partial charge on any atom is 0.233 e. The number of rotatable bonds is 8. The van der Waals surface area contributed by atoms with E-state index in [1.54, 1.807) is 0 Å². The van der Waals surface area contributed by atoms with Crippen molar-refractivity contribution in [2.75, 3.05) is 18.8 Å². The van der Waals surface area contributed by atoms with Crippen LogP contribution in [0, 0.1) is 0 Å². The van der Waals surface area contributed by atoms with Gasteiger partial charge in [0, 0.05) is 18.7 Å². The molecule has 2 rings (SSSR count). The SMILES string of the molecule is CCCN(CCC)C(=O)CSc1n[nH]c(-c2ccccc2)n1. The first-order chi connectivity index (χ1) is 10.7. The van der Waals surface area contributed by atoms with Gasteiger partial charge in [-0.2, -0.15) is 0 Å². The highest BCUT2D eigenvalue weighted by molar-refractivity contribution is 7.99. The third-order valence-electron chi connectivity index (χ3n) is 3.18. The van der Waals surface area contributed by atoms with Crippen LogP contribution in [0.5, 0.6) is 0 Å². The lowest BCUT2D eigenvalue weighted by Crippen LogP contribution is -2.33. The monoisotopic (exact) mass is 318 g/mol. The van der Waals surface area contributed by atoms with Crippen molar-refractivity contribution >= 4 is 17.7 Å². The van der Waals surface area contributed by atoms with E-state index >= 15 is 0 Å². The Bertz CT molecular complexity index is 579. The topological polar surface area (TPSA) is 61.9 Å². The maximum atomic E-state index is 12.2. The second-order valence-electron chi connectivity index (χ2n) is 5.00. The number of nitrogens with zero attached hydrogens (tertiary/aromatic N) is 3. The normalized spacial score (nSPS) is 10.6. The van der Waals surface area contributed by atoms with Crippen LogP contribution in [-0.4, -0.2) is 44.8 Å². The molecule has 0 aliphatic rings. The van der Waals surface area contributed by atoms with Crippen molar-refractivity contribution in [1.29, 1.82) is 0 Å². The number of carbonyl (C=O) groups is 1. The van der Waals surface area contributed by atoms with Gasteiger partial charge in [0.2, 0.25) is 11.1 Å². The molecule has 1 aromatic carbocycles. The van der Waals surface area contributed by atoms with E-state index < -0.39 is 0 Å². The number of amides is 1. The number of hydrogen-bond acceptors (Lipinski definition) is 4. The zero-order valence-corrected chi connectivity index (χ0v) is 13.9. The molecule has 1 amide bonds. The molecule has 0 fully saturated rings. The third-order valence-corrected chi connectivity index (χ3v) is 4.01. The van der Waals surface area contributed by atoms with E-state index in [9.17, 15) is 4.79 Å². The Morgan fingerprint density at radius 2 is 1.86 bits per heavy atom. The molecule has 6 heteroatoms. The van der Waals surface area contributed by atoms with Gasteiger partial charge in [-0.1, -0.05) is 55.9 Å². The van der Waals surface area contributed by atoms with E-state index in [2.05, 4.69) is 29.0 Å². The number of H-pyrrole nitrogens is 1. The highest BCUT2D eigenvalue weighted by Gasteiger charge is 2.14. The molecule has 0 bridgehead atoms. The number of hydrogen-bond donors (Lipinski definition) is 1. The Morgan fingerprint density at radius 1 is 1.18 bits per heavy atom. The molecule has 1 aromatic heterocycles. The number of nitrogens with one attached hydrogen (secondary N) is 1. The number of benzene rings is 1. The van der Waals surface area contributed by atoms with Crippen LogP contribution in [0.1, 0.15) is 26.7 Å². The molecule has 0 aliphatic carbocycles. The van der Waals surface area contributed by atoms with Crippen LogP contribution >= 0.6 is 11.8 Å². The van der Waals surface area contributed by atoms with Gasteiger partial charge in [0.05, 0.1) is 5.75 Å². The lowest BCUT2D eigenvalue weighted by atomic mass is 10.2. The smallest absolute Gasteiger partial charge is 0.233 e. The fourth-order valence-electron chi connectivity index (χ4n) is 2.15. The van der Waals surface area contributed by atoms with Crippen molar-refractivity contribution in [2.45, 2.75) is 31.8 Å². The van der Waals surface area contributed by atoms with Gasteiger partial charge < -0.3 is 4.90 Å². The first-order valence-corrected chi connectivity index (χ1v) is 8.61. The highest BCUT2D eigenvalue weighted by atomic mass is 32.2. The van der Waals surface area contributed by atoms with Crippen molar-refractivity contribution in [3.8, 4) is 11.4 Å². The van der Waals surface area contributed by atoms with Gasteiger partial charge in [0.1, 0.15) is 0 Å². The molecule has 118 valence electrons. The van der Waals surface area contributed by atoms with Crippen LogP contribution in [0.4, 0.5) is 0 Å². The minimum atomic E-state index is 0.153. The molecular formula is C16H22N4OS. The van der Waals surface area contributed by atoms with E-state index in [1.807, 2.05) is 35.2 Å². The van der Waals surface area contributed by atoms with Crippen LogP contribution in [0.2, 0.25) is 0 Å². The van der Waals surface area contributed by atoms with Crippen LogP contribution < -0.4 is 0 Å². The Morgan fingerprint density at radius 3 is 2.50 bits per heavy atom. The average molecular weight is 318 g/mol. The van der Waals surface area contributed by atoms with Crippen molar-refractivity contribution in [2.24, 2.45) is 0 Å². The summed E-state index contributed by atoms with van der Waals surface area (Å²) in [7, 11) is 0. The third kappa shape index (κ3) is 4.59. The van der Waals surface area contributed by atoms with Gasteiger partial charge in [0.25, 0.3) is 0 Å². The quantitative estimate of drug-likeness (QED) is 0.759. The Hall–Kier alpha value is -1.82. The zero-order valence-electron chi connectivity index (χ0n) is 13.1. The summed E-state index contributed by atoms with van der Waals surface area (Å²) in [5.41, 5.74) is 0.992. The van der Waals surface area contributed by atoms with Crippen molar-refractivity contribution in [3.05, 3.63) is 30.3 Å². The summed E-state index contributed by atoms with van der Waals surface area (Å²) < 4.78 is 0. The second-order valence-corrected chi connectivity index (χ2v) is 5.94. The van der Waals surface area contributed by atoms with E-state index in [1.165, 1.54) is 11.8 Å². The number of thioether (sulfide) groups is 1. The van der Waals surface area contributed by atoms with E-state index in [4.69, 9.17) is 0 Å². The minimum Gasteiger partial charge on any atom is -0.342 e. The molecule has 0 spiro atoms. The summed E-state index contributed by atoms with van der Waals surface area (Å²) in [6.07, 6.45) is 1.96. The summed E-state index contributed by atoms with van der Waals surface area (Å²) in [6, 6.07) is 9.84. The number of aromatic nitrogens is 3. The maximum absolute atomic E-state index is 12.2. The lowest BCUT2D eigenvalue weighted by Gasteiger charge is -2.20. The molecule has 0 unspecified atom stereocenters. The first kappa shape index (κ1) is 16.5. The summed E-state index contributed by atoms with van der Waals surface area (Å²) in [5.74, 6) is 1.26. The molecule has 0 saturated heterocycles. The minimum absolute atomic E-state index is 0.153. The van der Waals surface area contributed by atoms with Gasteiger partial charge in [-0.15, -0.1) is 5.10 Å². The number of carbonyl (C=O) groups excluding carboxylic acids is 1. The molecule has 0 atom stereocenters. The average Bonchev–Trinajstić information content (AvgIpc) is 3.02. The molecule has 1 heterocycles. The first-order valence-electron chi connectivity index (χ1n) is 7.63. The van der Waals surface area contributed by atoms with Crippen molar-refractivity contribution in [3.63, 3.8) is 0 Å². The van der Waals surface area contributed by atoms with E-state index in [0.717, 1.165) is 37.3 Å². The number of aromatic amines is 1. The van der Waals surface area contributed by atoms with Crippen LogP contribution in [0.15, 0.2) is 35.5 Å². The van der Waals surface area contributed by atoms with Crippen LogP contribution in [0.3, 0.4) is 0 Å². The summed E-state index contributed by atoms with van der Waals surface area (Å²) in [6.45, 7) is 5.81. The van der Waals surface area contributed by atoms with Crippen molar-refractivity contribution < 1.29 is 4.79 Å². The summed E-state index contributed by atoms with van der Waals surface area (Å²) in [4.78, 5) is 18.6. The molecule has 0 saturated carbocycles. The molecule has 5 nitrogen and oxygen atoms in total. The second kappa shape index (κ2) is 8.58. The Balaban J connectivity index is 1.92. The van der Waals surface area contributed by atoms with E-state index in [-0.39, 0.29) is 5.91 Å². The molecule has 1 N–H and O–H groups in total. The predicted octanol–water partition coefficient (Wildman–Crippen LogP) is 3.21. The van der Waals surface area contributed by atoms with Gasteiger partial charge >= 0.3 is 0 Å². The molecule has 0 aliphatic heterocycles. The van der Waals surface area contributed by atoms with Gasteiger partial charge in [0.15, 0.2) is 5.82 Å².